The van der Waals surface area contributed by atoms with Crippen molar-refractivity contribution in [2.75, 3.05) is 0 Å². The third-order valence-electron chi connectivity index (χ3n) is 2.80. The molecule has 0 aromatic heterocycles. The summed E-state index contributed by atoms with van der Waals surface area (Å²) in [6, 6.07) is 0.297. The molecule has 2 nitrogen and oxygen atoms in total. The Morgan fingerprint density at radius 1 is 1.31 bits per heavy atom. The Morgan fingerprint density at radius 2 is 2.00 bits per heavy atom. The lowest BCUT2D eigenvalue weighted by atomic mass is 9.96. The predicted octanol–water partition coefficient (Wildman–Crippen LogP) is 3.09. The molecule has 1 rings (SSSR count). The number of unbranched alkanes of at least 4 members (excludes halogenated alkanes) is 2. The van der Waals surface area contributed by atoms with Crippen molar-refractivity contribution in [2.45, 2.75) is 64.3 Å². The van der Waals surface area contributed by atoms with E-state index in [1.807, 2.05) is 6.21 Å². The molecule has 0 radical (unpaired) electrons. The van der Waals surface area contributed by atoms with Gasteiger partial charge < -0.3 is 5.21 Å². The first-order valence-corrected chi connectivity index (χ1v) is 5.63. The van der Waals surface area contributed by atoms with Gasteiger partial charge in [-0.05, 0) is 19.3 Å². The van der Waals surface area contributed by atoms with E-state index in [0.29, 0.717) is 6.04 Å². The molecule has 0 N–H and O–H groups in total. The first kappa shape index (κ1) is 10.6. The fourth-order valence-electron chi connectivity index (χ4n) is 1.91. The molecule has 0 saturated heterocycles. The summed E-state index contributed by atoms with van der Waals surface area (Å²) in [7, 11) is 0. The van der Waals surface area contributed by atoms with Gasteiger partial charge in [-0.15, -0.1) is 0 Å². The van der Waals surface area contributed by atoms with E-state index in [4.69, 9.17) is 0 Å². The van der Waals surface area contributed by atoms with Crippen LogP contribution < -0.4 is 0 Å². The summed E-state index contributed by atoms with van der Waals surface area (Å²) in [6.07, 6.45) is 11.1. The summed E-state index contributed by atoms with van der Waals surface area (Å²) in [4.78, 5) is 0. The predicted molar refractivity (Wildman–Crippen MR) is 56.1 cm³/mol. The number of rotatable bonds is 4. The van der Waals surface area contributed by atoms with Crippen LogP contribution in [0.3, 0.4) is 0 Å². The standard InChI is InChI=1S/C11H21NO/c1-2-3-7-10-12(13)11-8-5-4-6-9-11/h10-11H,2-9H2,1H3/b12-10-. The maximum atomic E-state index is 11.5. The van der Waals surface area contributed by atoms with Gasteiger partial charge in [0.2, 0.25) is 0 Å². The van der Waals surface area contributed by atoms with Crippen molar-refractivity contribution >= 4 is 6.21 Å². The van der Waals surface area contributed by atoms with Crippen LogP contribution in [0.25, 0.3) is 0 Å². The Morgan fingerprint density at radius 3 is 2.62 bits per heavy atom. The second-order valence-electron chi connectivity index (χ2n) is 3.98. The molecule has 13 heavy (non-hydrogen) atoms. The third kappa shape index (κ3) is 3.79. The van der Waals surface area contributed by atoms with Crippen LogP contribution in [-0.4, -0.2) is 17.0 Å². The number of hydrogen-bond donors (Lipinski definition) is 0. The molecular weight excluding hydrogens is 162 g/mol. The Hall–Kier alpha value is -0.530. The lowest BCUT2D eigenvalue weighted by Gasteiger charge is -2.20. The van der Waals surface area contributed by atoms with Crippen molar-refractivity contribution in [3.05, 3.63) is 5.21 Å². The zero-order valence-corrected chi connectivity index (χ0v) is 8.67. The van der Waals surface area contributed by atoms with E-state index in [9.17, 15) is 5.21 Å². The van der Waals surface area contributed by atoms with Crippen molar-refractivity contribution in [3.63, 3.8) is 0 Å². The summed E-state index contributed by atoms with van der Waals surface area (Å²) < 4.78 is 1.22. The minimum Gasteiger partial charge on any atom is -0.624 e. The van der Waals surface area contributed by atoms with Crippen LogP contribution in [0, 0.1) is 5.21 Å². The molecule has 0 bridgehead atoms. The van der Waals surface area contributed by atoms with Gasteiger partial charge in [-0.25, -0.2) is 4.74 Å². The lowest BCUT2D eigenvalue weighted by molar-refractivity contribution is -0.502. The van der Waals surface area contributed by atoms with Crippen LogP contribution >= 0.6 is 0 Å². The monoisotopic (exact) mass is 183 g/mol. The van der Waals surface area contributed by atoms with Crippen LogP contribution in [0.15, 0.2) is 0 Å². The van der Waals surface area contributed by atoms with Gasteiger partial charge in [-0.2, -0.15) is 0 Å². The van der Waals surface area contributed by atoms with Crippen LogP contribution in [0.5, 0.6) is 0 Å². The smallest absolute Gasteiger partial charge is 0.162 e. The van der Waals surface area contributed by atoms with Crippen molar-refractivity contribution in [1.29, 1.82) is 0 Å². The Balaban J connectivity index is 2.27. The first-order chi connectivity index (χ1) is 6.34. The Labute approximate surface area is 81.2 Å². The normalized spacial score (nSPS) is 20.5. The molecule has 0 aliphatic heterocycles. The summed E-state index contributed by atoms with van der Waals surface area (Å²) in [6.45, 7) is 2.16. The Kier molecular flexibility index (Phi) is 4.87. The maximum absolute atomic E-state index is 11.5. The van der Waals surface area contributed by atoms with Crippen LogP contribution in [0.1, 0.15) is 58.3 Å². The van der Waals surface area contributed by atoms with Gasteiger partial charge in [0, 0.05) is 19.3 Å². The third-order valence-corrected chi connectivity index (χ3v) is 2.80. The molecule has 0 aromatic carbocycles. The first-order valence-electron chi connectivity index (χ1n) is 5.63. The van der Waals surface area contributed by atoms with Gasteiger partial charge in [-0.1, -0.05) is 19.8 Å². The molecule has 1 fully saturated rings. The molecular formula is C11H21NO. The summed E-state index contributed by atoms with van der Waals surface area (Å²) in [5.41, 5.74) is 0. The van der Waals surface area contributed by atoms with Crippen molar-refractivity contribution in [2.24, 2.45) is 0 Å². The number of nitrogens with zero attached hydrogens (tertiary/aromatic N) is 1. The highest BCUT2D eigenvalue weighted by Gasteiger charge is 2.18. The van der Waals surface area contributed by atoms with E-state index in [2.05, 4.69) is 6.92 Å². The quantitative estimate of drug-likeness (QED) is 0.216. The Bertz CT molecular complexity index is 159. The van der Waals surface area contributed by atoms with Crippen molar-refractivity contribution in [3.8, 4) is 0 Å². The van der Waals surface area contributed by atoms with Crippen LogP contribution in [0.4, 0.5) is 0 Å². The van der Waals surface area contributed by atoms with Gasteiger partial charge in [0.05, 0.1) is 0 Å². The average molecular weight is 183 g/mol. The van der Waals surface area contributed by atoms with Crippen LogP contribution in [-0.2, 0) is 0 Å². The van der Waals surface area contributed by atoms with Crippen molar-refractivity contribution < 1.29 is 4.74 Å². The van der Waals surface area contributed by atoms with Gasteiger partial charge >= 0.3 is 0 Å². The molecule has 0 amide bonds. The molecule has 1 saturated carbocycles. The fourth-order valence-corrected chi connectivity index (χ4v) is 1.91. The van der Waals surface area contributed by atoms with E-state index in [0.717, 1.165) is 25.7 Å². The molecule has 0 spiro atoms. The van der Waals surface area contributed by atoms with E-state index in [-0.39, 0.29) is 0 Å². The molecule has 2 heteroatoms. The van der Waals surface area contributed by atoms with E-state index >= 15 is 0 Å². The topological polar surface area (TPSA) is 26.1 Å². The second kappa shape index (κ2) is 6.01. The lowest BCUT2D eigenvalue weighted by Crippen LogP contribution is -2.24. The average Bonchev–Trinajstić information content (AvgIpc) is 2.19. The highest BCUT2D eigenvalue weighted by atomic mass is 16.5. The largest absolute Gasteiger partial charge is 0.624 e. The molecule has 1 aliphatic rings. The molecule has 1 aliphatic carbocycles. The van der Waals surface area contributed by atoms with Gasteiger partial charge in [0.15, 0.2) is 12.3 Å². The minimum atomic E-state index is 0.297. The summed E-state index contributed by atoms with van der Waals surface area (Å²) in [5.74, 6) is 0. The van der Waals surface area contributed by atoms with Crippen molar-refractivity contribution in [1.82, 2.24) is 0 Å². The molecule has 76 valence electrons. The second-order valence-corrected chi connectivity index (χ2v) is 3.98. The van der Waals surface area contributed by atoms with Crippen LogP contribution in [0.2, 0.25) is 0 Å². The molecule has 0 heterocycles. The van der Waals surface area contributed by atoms with E-state index in [1.165, 1.54) is 30.4 Å². The zero-order chi connectivity index (χ0) is 9.52. The van der Waals surface area contributed by atoms with E-state index < -0.39 is 0 Å². The molecule has 0 unspecified atom stereocenters. The highest BCUT2D eigenvalue weighted by Crippen LogP contribution is 2.19. The maximum Gasteiger partial charge on any atom is 0.162 e. The minimum absolute atomic E-state index is 0.297. The van der Waals surface area contributed by atoms with Gasteiger partial charge in [0.1, 0.15) is 0 Å². The zero-order valence-electron chi connectivity index (χ0n) is 8.67. The highest BCUT2D eigenvalue weighted by molar-refractivity contribution is 5.51. The number of hydroxylamine groups is 1. The SMILES string of the molecule is CCCC/C=[N+](\[O-])C1CCCCC1. The van der Waals surface area contributed by atoms with Gasteiger partial charge in [-0.3, -0.25) is 0 Å². The van der Waals surface area contributed by atoms with Gasteiger partial charge in [0.25, 0.3) is 0 Å². The summed E-state index contributed by atoms with van der Waals surface area (Å²) in [5, 5.41) is 11.5. The van der Waals surface area contributed by atoms with E-state index in [1.54, 1.807) is 0 Å². The fraction of sp³-hybridized carbons (Fsp3) is 0.909. The summed E-state index contributed by atoms with van der Waals surface area (Å²) >= 11 is 0. The molecule has 0 aromatic rings. The molecule has 0 atom stereocenters. The number of hydrogen-bond acceptors (Lipinski definition) is 1.